The Bertz CT molecular complexity index is 658. The van der Waals surface area contributed by atoms with E-state index in [-0.39, 0.29) is 0 Å². The van der Waals surface area contributed by atoms with Crippen molar-refractivity contribution in [1.29, 1.82) is 0 Å². The Balaban J connectivity index is 2.23. The van der Waals surface area contributed by atoms with Gasteiger partial charge in [0.1, 0.15) is 16.9 Å². The third-order valence-electron chi connectivity index (χ3n) is 2.60. The summed E-state index contributed by atoms with van der Waals surface area (Å²) in [4.78, 5) is 11.0. The van der Waals surface area contributed by atoms with Crippen molar-refractivity contribution in [1.82, 2.24) is 9.97 Å². The zero-order valence-corrected chi connectivity index (χ0v) is 10.1. The summed E-state index contributed by atoms with van der Waals surface area (Å²) in [6.45, 7) is 2.12. The molecule has 3 heterocycles. The molecule has 0 saturated heterocycles. The minimum Gasteiger partial charge on any atom is -0.472 e. The van der Waals surface area contributed by atoms with Crippen LogP contribution in [0.15, 0.2) is 29.1 Å². The van der Waals surface area contributed by atoms with Gasteiger partial charge < -0.3 is 10.2 Å². The largest absolute Gasteiger partial charge is 0.472 e. The van der Waals surface area contributed by atoms with Crippen LogP contribution in [0.2, 0.25) is 0 Å². The summed E-state index contributed by atoms with van der Waals surface area (Å²) < 4.78 is 5.03. The number of nitrogens with zero attached hydrogens (tertiary/aromatic N) is 2. The number of anilines is 1. The molecule has 0 aliphatic heterocycles. The number of furan rings is 1. The van der Waals surface area contributed by atoms with Crippen molar-refractivity contribution in [3.05, 3.63) is 29.5 Å². The smallest absolute Gasteiger partial charge is 0.166 e. The summed E-state index contributed by atoms with van der Waals surface area (Å²) in [7, 11) is 0. The molecule has 86 valence electrons. The summed E-state index contributed by atoms with van der Waals surface area (Å²) >= 11 is 1.66. The zero-order valence-electron chi connectivity index (χ0n) is 9.30. The van der Waals surface area contributed by atoms with Crippen molar-refractivity contribution in [2.45, 2.75) is 13.3 Å². The number of hydrogen-bond donors (Lipinski definition) is 1. The van der Waals surface area contributed by atoms with E-state index in [0.29, 0.717) is 11.6 Å². The third-order valence-corrected chi connectivity index (χ3v) is 3.77. The molecule has 0 unspecified atom stereocenters. The van der Waals surface area contributed by atoms with Gasteiger partial charge in [-0.3, -0.25) is 0 Å². The summed E-state index contributed by atoms with van der Waals surface area (Å²) in [6, 6.07) is 3.89. The highest BCUT2D eigenvalue weighted by atomic mass is 32.1. The molecule has 0 aliphatic rings. The van der Waals surface area contributed by atoms with Crippen LogP contribution in [-0.4, -0.2) is 9.97 Å². The molecule has 3 aromatic rings. The quantitative estimate of drug-likeness (QED) is 0.753. The van der Waals surface area contributed by atoms with E-state index in [4.69, 9.17) is 10.2 Å². The highest BCUT2D eigenvalue weighted by Gasteiger charge is 2.10. The fourth-order valence-corrected chi connectivity index (χ4v) is 2.66. The lowest BCUT2D eigenvalue weighted by atomic mass is 10.3. The van der Waals surface area contributed by atoms with Gasteiger partial charge in [0.2, 0.25) is 0 Å². The first-order chi connectivity index (χ1) is 8.28. The lowest BCUT2D eigenvalue weighted by Gasteiger charge is -1.98. The van der Waals surface area contributed by atoms with E-state index in [1.54, 1.807) is 23.9 Å². The van der Waals surface area contributed by atoms with E-state index in [2.05, 4.69) is 23.0 Å². The molecule has 3 rings (SSSR count). The first-order valence-electron chi connectivity index (χ1n) is 5.36. The molecule has 17 heavy (non-hydrogen) atoms. The van der Waals surface area contributed by atoms with Crippen molar-refractivity contribution in [3.8, 4) is 11.4 Å². The lowest BCUT2D eigenvalue weighted by Crippen LogP contribution is -1.95. The lowest BCUT2D eigenvalue weighted by molar-refractivity contribution is 0.568. The van der Waals surface area contributed by atoms with Crippen LogP contribution >= 0.6 is 11.3 Å². The predicted molar refractivity (Wildman–Crippen MR) is 68.9 cm³/mol. The Morgan fingerprint density at radius 2 is 2.29 bits per heavy atom. The third kappa shape index (κ3) is 1.68. The summed E-state index contributed by atoms with van der Waals surface area (Å²) in [5, 5.41) is 0.944. The summed E-state index contributed by atoms with van der Waals surface area (Å²) in [6.07, 6.45) is 4.21. The Morgan fingerprint density at radius 1 is 1.41 bits per heavy atom. The molecule has 2 N–H and O–H groups in total. The number of fused-ring (bicyclic) bond motifs is 1. The summed E-state index contributed by atoms with van der Waals surface area (Å²) in [5.41, 5.74) is 6.81. The molecule has 0 aliphatic carbocycles. The van der Waals surface area contributed by atoms with E-state index >= 15 is 0 Å². The van der Waals surface area contributed by atoms with Crippen LogP contribution in [0.1, 0.15) is 11.8 Å². The van der Waals surface area contributed by atoms with E-state index in [1.807, 2.05) is 6.07 Å². The monoisotopic (exact) mass is 245 g/mol. The van der Waals surface area contributed by atoms with Gasteiger partial charge in [0.05, 0.1) is 17.2 Å². The Labute approximate surface area is 102 Å². The second kappa shape index (κ2) is 3.85. The molecule has 4 nitrogen and oxygen atoms in total. The SMILES string of the molecule is CCc1cc2c(N)nc(-c3ccoc3)nc2s1. The van der Waals surface area contributed by atoms with Crippen molar-refractivity contribution >= 4 is 27.4 Å². The van der Waals surface area contributed by atoms with Crippen LogP contribution in [0, 0.1) is 0 Å². The van der Waals surface area contributed by atoms with E-state index in [9.17, 15) is 0 Å². The molecule has 3 aromatic heterocycles. The maximum absolute atomic E-state index is 5.96. The number of nitrogen functional groups attached to an aromatic ring is 1. The van der Waals surface area contributed by atoms with Crippen molar-refractivity contribution in [2.24, 2.45) is 0 Å². The Morgan fingerprint density at radius 3 is 3.00 bits per heavy atom. The molecule has 0 radical (unpaired) electrons. The molecule has 0 saturated carbocycles. The molecule has 0 atom stereocenters. The maximum atomic E-state index is 5.96. The predicted octanol–water partition coefficient (Wildman–Crippen LogP) is 3.10. The van der Waals surface area contributed by atoms with Crippen LogP contribution < -0.4 is 5.73 Å². The van der Waals surface area contributed by atoms with Crippen LogP contribution in [0.25, 0.3) is 21.6 Å². The molecule has 5 heteroatoms. The van der Waals surface area contributed by atoms with Crippen LogP contribution in [-0.2, 0) is 6.42 Å². The first kappa shape index (κ1) is 10.3. The number of nitrogens with two attached hydrogens (primary N) is 1. The number of aromatic nitrogens is 2. The fraction of sp³-hybridized carbons (Fsp3) is 0.167. The zero-order chi connectivity index (χ0) is 11.8. The molecular weight excluding hydrogens is 234 g/mol. The van der Waals surface area contributed by atoms with Crippen molar-refractivity contribution < 1.29 is 4.42 Å². The second-order valence-corrected chi connectivity index (χ2v) is 4.84. The van der Waals surface area contributed by atoms with Gasteiger partial charge in [0.25, 0.3) is 0 Å². The fourth-order valence-electron chi connectivity index (χ4n) is 1.69. The molecule has 0 aromatic carbocycles. The van der Waals surface area contributed by atoms with Crippen LogP contribution in [0.4, 0.5) is 5.82 Å². The van der Waals surface area contributed by atoms with Gasteiger partial charge in [-0.1, -0.05) is 6.92 Å². The second-order valence-electron chi connectivity index (χ2n) is 3.73. The highest BCUT2D eigenvalue weighted by Crippen LogP contribution is 2.30. The van der Waals surface area contributed by atoms with Crippen molar-refractivity contribution in [3.63, 3.8) is 0 Å². The number of aryl methyl sites for hydroxylation is 1. The number of thiophene rings is 1. The molecule has 0 spiro atoms. The van der Waals surface area contributed by atoms with E-state index in [1.165, 1.54) is 4.88 Å². The van der Waals surface area contributed by atoms with Gasteiger partial charge in [-0.15, -0.1) is 11.3 Å². The van der Waals surface area contributed by atoms with Gasteiger partial charge in [-0.2, -0.15) is 0 Å². The van der Waals surface area contributed by atoms with Gasteiger partial charge in [-0.25, -0.2) is 9.97 Å². The van der Waals surface area contributed by atoms with Gasteiger partial charge in [0.15, 0.2) is 5.82 Å². The van der Waals surface area contributed by atoms with Gasteiger partial charge in [0, 0.05) is 4.88 Å². The average Bonchev–Trinajstić information content (AvgIpc) is 2.97. The maximum Gasteiger partial charge on any atom is 0.166 e. The average molecular weight is 245 g/mol. The molecule has 0 amide bonds. The van der Waals surface area contributed by atoms with Crippen molar-refractivity contribution in [2.75, 3.05) is 5.73 Å². The molecule has 0 fully saturated rings. The van der Waals surface area contributed by atoms with Gasteiger partial charge in [-0.05, 0) is 18.6 Å². The molecule has 0 bridgehead atoms. The topological polar surface area (TPSA) is 64.9 Å². The van der Waals surface area contributed by atoms with E-state index < -0.39 is 0 Å². The minimum atomic E-state index is 0.530. The highest BCUT2D eigenvalue weighted by molar-refractivity contribution is 7.18. The van der Waals surface area contributed by atoms with E-state index in [0.717, 1.165) is 22.2 Å². The first-order valence-corrected chi connectivity index (χ1v) is 6.18. The van der Waals surface area contributed by atoms with Crippen LogP contribution in [0.5, 0.6) is 0 Å². The number of rotatable bonds is 2. The number of hydrogen-bond acceptors (Lipinski definition) is 5. The Hall–Kier alpha value is -1.88. The normalized spacial score (nSPS) is 11.1. The molecular formula is C12H11N3OS. The van der Waals surface area contributed by atoms with Crippen LogP contribution in [0.3, 0.4) is 0 Å². The summed E-state index contributed by atoms with van der Waals surface area (Å²) in [5.74, 6) is 1.15. The standard InChI is InChI=1S/C12H11N3OS/c1-2-8-5-9-10(13)14-11(15-12(9)17-8)7-3-4-16-6-7/h3-6H,2H2,1H3,(H2,13,14,15). The van der Waals surface area contributed by atoms with Gasteiger partial charge >= 0.3 is 0 Å². The Kier molecular flexibility index (Phi) is 2.33. The minimum absolute atomic E-state index is 0.530.